The second kappa shape index (κ2) is 9.85. The molecule has 0 aliphatic rings. The lowest BCUT2D eigenvalue weighted by Crippen LogP contribution is -2.15. The number of ether oxygens (including phenoxy) is 1. The number of sulfone groups is 1. The van der Waals surface area contributed by atoms with Gasteiger partial charge in [0.1, 0.15) is 10.8 Å². The van der Waals surface area contributed by atoms with E-state index in [4.69, 9.17) is 21.6 Å². The summed E-state index contributed by atoms with van der Waals surface area (Å²) in [4.78, 5) is 8.75. The zero-order chi connectivity index (χ0) is 23.3. The number of halogens is 1. The second-order valence-corrected chi connectivity index (χ2v) is 9.98. The molecule has 0 saturated carbocycles. The maximum atomic E-state index is 12.7. The monoisotopic (exact) mass is 471 g/mol. The summed E-state index contributed by atoms with van der Waals surface area (Å²) in [6, 6.07) is 14.0. The maximum Gasteiger partial charge on any atom is 0.229 e. The first kappa shape index (κ1) is 23.3. The molecule has 1 heterocycles. The van der Waals surface area contributed by atoms with E-state index in [1.807, 2.05) is 0 Å². The number of nitriles is 1. The van der Waals surface area contributed by atoms with Gasteiger partial charge in [0, 0.05) is 0 Å². The van der Waals surface area contributed by atoms with Gasteiger partial charge in [-0.3, -0.25) is 0 Å². The minimum atomic E-state index is -3.53. The van der Waals surface area contributed by atoms with E-state index in [1.165, 1.54) is 19.4 Å². The van der Waals surface area contributed by atoms with Gasteiger partial charge in [0.25, 0.3) is 0 Å². The Morgan fingerprint density at radius 3 is 2.59 bits per heavy atom. The molecule has 2 aromatic carbocycles. The summed E-state index contributed by atoms with van der Waals surface area (Å²) in [5.41, 5.74) is 1.74. The van der Waals surface area contributed by atoms with Gasteiger partial charge in [0.2, 0.25) is 5.95 Å². The number of methoxy groups -OCH3 is 1. The average molecular weight is 472 g/mol. The number of hydrogen-bond acceptors (Lipinski definition) is 8. The molecule has 32 heavy (non-hydrogen) atoms. The molecule has 0 unspecified atom stereocenters. The van der Waals surface area contributed by atoms with Crippen LogP contribution in [0.25, 0.3) is 0 Å². The number of hydrogen-bond donors (Lipinski definition) is 2. The topological polar surface area (TPSA) is 117 Å². The summed E-state index contributed by atoms with van der Waals surface area (Å²) in [5.74, 6) is 1.00. The molecule has 0 fully saturated rings. The first-order valence-electron chi connectivity index (χ1n) is 9.69. The quantitative estimate of drug-likeness (QED) is 0.477. The minimum absolute atomic E-state index is 0.157. The van der Waals surface area contributed by atoms with E-state index in [1.54, 1.807) is 50.2 Å². The van der Waals surface area contributed by atoms with Crippen LogP contribution < -0.4 is 15.4 Å². The standard InChI is InChI=1S/C22H22ClN5O3S/c1-14(2)32(29,30)20-7-5-4-6-17(20)26-21-16(23)13-25-22(28-21)27-18-12-15(10-11-24)8-9-19(18)31-3/h4-9,12-14H,10H2,1-3H3,(H2,25,26,27,28). The summed E-state index contributed by atoms with van der Waals surface area (Å²) in [6.07, 6.45) is 1.65. The van der Waals surface area contributed by atoms with Crippen LogP contribution in [-0.4, -0.2) is 30.7 Å². The van der Waals surface area contributed by atoms with E-state index in [9.17, 15) is 8.42 Å². The number of nitrogens with zero attached hydrogens (tertiary/aromatic N) is 3. The highest BCUT2D eigenvalue weighted by atomic mass is 35.5. The van der Waals surface area contributed by atoms with Crippen LogP contribution in [0, 0.1) is 11.3 Å². The number of nitrogens with one attached hydrogen (secondary N) is 2. The highest BCUT2D eigenvalue weighted by molar-refractivity contribution is 7.92. The molecule has 3 rings (SSSR count). The maximum absolute atomic E-state index is 12.7. The van der Waals surface area contributed by atoms with Crippen LogP contribution in [0.1, 0.15) is 19.4 Å². The molecule has 2 N–H and O–H groups in total. The molecule has 0 bridgehead atoms. The Bertz CT molecular complexity index is 1270. The van der Waals surface area contributed by atoms with Crippen LogP contribution in [0.3, 0.4) is 0 Å². The molecule has 10 heteroatoms. The Balaban J connectivity index is 1.96. The molecule has 0 saturated heterocycles. The largest absolute Gasteiger partial charge is 0.495 e. The fourth-order valence-electron chi connectivity index (χ4n) is 2.89. The predicted molar refractivity (Wildman–Crippen MR) is 125 cm³/mol. The van der Waals surface area contributed by atoms with Crippen LogP contribution in [-0.2, 0) is 16.3 Å². The van der Waals surface area contributed by atoms with Gasteiger partial charge in [0.15, 0.2) is 15.7 Å². The van der Waals surface area contributed by atoms with Gasteiger partial charge in [-0.15, -0.1) is 0 Å². The molecular formula is C22H22ClN5O3S. The summed E-state index contributed by atoms with van der Waals surface area (Å²) < 4.78 is 30.8. The van der Waals surface area contributed by atoms with Gasteiger partial charge in [-0.05, 0) is 43.7 Å². The molecule has 1 aromatic heterocycles. The lowest BCUT2D eigenvalue weighted by atomic mass is 10.1. The summed E-state index contributed by atoms with van der Waals surface area (Å²) >= 11 is 6.28. The van der Waals surface area contributed by atoms with Crippen LogP contribution >= 0.6 is 11.6 Å². The SMILES string of the molecule is COc1ccc(CC#N)cc1Nc1ncc(Cl)c(Nc2ccccc2S(=O)(=O)C(C)C)n1. The molecule has 0 radical (unpaired) electrons. The molecule has 3 aromatic rings. The van der Waals surface area contributed by atoms with Crippen molar-refractivity contribution < 1.29 is 13.2 Å². The first-order valence-corrected chi connectivity index (χ1v) is 11.6. The van der Waals surface area contributed by atoms with Crippen molar-refractivity contribution in [3.63, 3.8) is 0 Å². The van der Waals surface area contributed by atoms with E-state index < -0.39 is 15.1 Å². The zero-order valence-corrected chi connectivity index (χ0v) is 19.3. The molecule has 0 amide bonds. The molecule has 0 aliphatic heterocycles. The smallest absolute Gasteiger partial charge is 0.229 e. The van der Waals surface area contributed by atoms with Crippen LogP contribution in [0.2, 0.25) is 5.02 Å². The molecular weight excluding hydrogens is 450 g/mol. The number of benzene rings is 2. The van der Waals surface area contributed by atoms with Crippen molar-refractivity contribution in [2.45, 2.75) is 30.4 Å². The fraction of sp³-hybridized carbons (Fsp3) is 0.227. The van der Waals surface area contributed by atoms with Crippen molar-refractivity contribution in [3.05, 3.63) is 59.2 Å². The number of anilines is 4. The molecule has 0 spiro atoms. The third-order valence-electron chi connectivity index (χ3n) is 4.60. The van der Waals surface area contributed by atoms with Crippen LogP contribution in [0.15, 0.2) is 53.6 Å². The molecule has 166 valence electrons. The zero-order valence-electron chi connectivity index (χ0n) is 17.8. The van der Waals surface area contributed by atoms with E-state index in [0.29, 0.717) is 17.1 Å². The van der Waals surface area contributed by atoms with Crippen molar-refractivity contribution in [2.24, 2.45) is 0 Å². The van der Waals surface area contributed by atoms with Gasteiger partial charge < -0.3 is 15.4 Å². The summed E-state index contributed by atoms with van der Waals surface area (Å²) in [7, 11) is -1.99. The van der Waals surface area contributed by atoms with Crippen molar-refractivity contribution in [1.29, 1.82) is 5.26 Å². The van der Waals surface area contributed by atoms with Gasteiger partial charge in [-0.2, -0.15) is 10.2 Å². The van der Waals surface area contributed by atoms with E-state index >= 15 is 0 Å². The third-order valence-corrected chi connectivity index (χ3v) is 7.09. The second-order valence-electron chi connectivity index (χ2n) is 7.10. The van der Waals surface area contributed by atoms with E-state index in [-0.39, 0.29) is 28.1 Å². The molecule has 8 nitrogen and oxygen atoms in total. The number of rotatable bonds is 8. The summed E-state index contributed by atoms with van der Waals surface area (Å²) in [6.45, 7) is 3.25. The highest BCUT2D eigenvalue weighted by Crippen LogP contribution is 2.32. The van der Waals surface area contributed by atoms with E-state index in [2.05, 4.69) is 26.7 Å². The van der Waals surface area contributed by atoms with Gasteiger partial charge >= 0.3 is 0 Å². The fourth-order valence-corrected chi connectivity index (χ4v) is 4.23. The van der Waals surface area contributed by atoms with Crippen LogP contribution in [0.4, 0.5) is 23.1 Å². The predicted octanol–water partition coefficient (Wildman–Crippen LogP) is 4.87. The van der Waals surface area contributed by atoms with Gasteiger partial charge in [0.05, 0.1) is 47.3 Å². The molecule has 0 aliphatic carbocycles. The van der Waals surface area contributed by atoms with Gasteiger partial charge in [-0.25, -0.2) is 13.4 Å². The van der Waals surface area contributed by atoms with Crippen LogP contribution in [0.5, 0.6) is 5.75 Å². The normalized spacial score (nSPS) is 11.1. The Kier molecular flexibility index (Phi) is 7.18. The number of para-hydroxylation sites is 1. The Morgan fingerprint density at radius 2 is 1.91 bits per heavy atom. The number of aromatic nitrogens is 2. The highest BCUT2D eigenvalue weighted by Gasteiger charge is 2.23. The third kappa shape index (κ3) is 5.10. The van der Waals surface area contributed by atoms with Crippen molar-refractivity contribution >= 4 is 44.6 Å². The Hall–Kier alpha value is -3.35. The average Bonchev–Trinajstić information content (AvgIpc) is 2.77. The van der Waals surface area contributed by atoms with Crippen molar-refractivity contribution in [2.75, 3.05) is 17.7 Å². The minimum Gasteiger partial charge on any atom is -0.495 e. The molecule has 0 atom stereocenters. The van der Waals surface area contributed by atoms with Crippen molar-refractivity contribution in [1.82, 2.24) is 9.97 Å². The Morgan fingerprint density at radius 1 is 1.16 bits per heavy atom. The van der Waals surface area contributed by atoms with Gasteiger partial charge in [-0.1, -0.05) is 29.8 Å². The summed E-state index contributed by atoms with van der Waals surface area (Å²) in [5, 5.41) is 14.7. The van der Waals surface area contributed by atoms with E-state index in [0.717, 1.165) is 5.56 Å². The Labute approximate surface area is 192 Å². The lowest BCUT2D eigenvalue weighted by molar-refractivity contribution is 0.416. The first-order chi connectivity index (χ1) is 15.3. The van der Waals surface area contributed by atoms with Crippen molar-refractivity contribution in [3.8, 4) is 11.8 Å². The lowest BCUT2D eigenvalue weighted by Gasteiger charge is -2.16.